The van der Waals surface area contributed by atoms with Gasteiger partial charge in [-0.15, -0.1) is 0 Å². The molecule has 6 nitrogen and oxygen atoms in total. The van der Waals surface area contributed by atoms with E-state index in [9.17, 15) is 4.79 Å². The molecule has 0 spiro atoms. The maximum absolute atomic E-state index is 12.2. The molecule has 1 aliphatic heterocycles. The number of hydrogen-bond donors (Lipinski definition) is 1. The van der Waals surface area contributed by atoms with Gasteiger partial charge in [0.1, 0.15) is 5.76 Å². The van der Waals surface area contributed by atoms with Gasteiger partial charge in [0, 0.05) is 6.20 Å². The van der Waals surface area contributed by atoms with Gasteiger partial charge in [-0.3, -0.25) is 19.7 Å². The van der Waals surface area contributed by atoms with Gasteiger partial charge in [0.25, 0.3) is 5.91 Å². The summed E-state index contributed by atoms with van der Waals surface area (Å²) in [7, 11) is 0. The number of nitrogens with one attached hydrogen (secondary N) is 1. The maximum atomic E-state index is 12.2. The fourth-order valence-corrected chi connectivity index (χ4v) is 2.95. The van der Waals surface area contributed by atoms with Gasteiger partial charge in [0.15, 0.2) is 5.76 Å². The second-order valence-corrected chi connectivity index (χ2v) is 6.31. The van der Waals surface area contributed by atoms with Gasteiger partial charge in [-0.25, -0.2) is 0 Å². The van der Waals surface area contributed by atoms with Crippen LogP contribution in [0.5, 0.6) is 0 Å². The van der Waals surface area contributed by atoms with Gasteiger partial charge < -0.3 is 9.73 Å². The number of amides is 1. The minimum atomic E-state index is -0.227. The van der Waals surface area contributed by atoms with E-state index in [2.05, 4.69) is 27.1 Å². The first kappa shape index (κ1) is 16.6. The lowest BCUT2D eigenvalue weighted by molar-refractivity contribution is 0.0913. The molecule has 0 aromatic carbocycles. The van der Waals surface area contributed by atoms with Crippen LogP contribution in [0.4, 0.5) is 0 Å². The highest BCUT2D eigenvalue weighted by molar-refractivity contribution is 5.91. The van der Waals surface area contributed by atoms with Gasteiger partial charge in [-0.05, 0) is 51.9 Å². The fourth-order valence-electron chi connectivity index (χ4n) is 2.95. The van der Waals surface area contributed by atoms with E-state index in [1.54, 1.807) is 18.5 Å². The Morgan fingerprint density at radius 1 is 1.25 bits per heavy atom. The van der Waals surface area contributed by atoms with E-state index in [1.807, 2.05) is 13.0 Å². The molecule has 0 radical (unpaired) electrons. The first-order chi connectivity index (χ1) is 11.6. The molecule has 0 bridgehead atoms. The summed E-state index contributed by atoms with van der Waals surface area (Å²) in [4.78, 5) is 23.0. The predicted molar refractivity (Wildman–Crippen MR) is 90.5 cm³/mol. The molecular weight excluding hydrogens is 304 g/mol. The summed E-state index contributed by atoms with van der Waals surface area (Å²) in [6.07, 6.45) is 7.12. The zero-order valence-electron chi connectivity index (χ0n) is 14.3. The molecule has 24 heavy (non-hydrogen) atoms. The number of carbonyl (C=O) groups excluding carboxylic acids is 1. The molecule has 2 aromatic heterocycles. The summed E-state index contributed by atoms with van der Waals surface area (Å²) in [5, 5.41) is 2.82. The molecule has 1 N–H and O–H groups in total. The van der Waals surface area contributed by atoms with Crippen LogP contribution in [0.1, 0.15) is 59.9 Å². The largest absolute Gasteiger partial charge is 0.454 e. The summed E-state index contributed by atoms with van der Waals surface area (Å²) in [5.74, 6) is 0.959. The molecular formula is C18H24N4O2. The van der Waals surface area contributed by atoms with Gasteiger partial charge >= 0.3 is 0 Å². The normalized spacial score (nSPS) is 16.8. The third kappa shape index (κ3) is 4.00. The molecule has 128 valence electrons. The summed E-state index contributed by atoms with van der Waals surface area (Å²) in [6, 6.07) is 3.85. The van der Waals surface area contributed by atoms with Crippen LogP contribution in [-0.4, -0.2) is 33.9 Å². The van der Waals surface area contributed by atoms with Crippen LogP contribution in [-0.2, 0) is 6.54 Å². The second-order valence-electron chi connectivity index (χ2n) is 6.31. The molecule has 3 heterocycles. The highest BCUT2D eigenvalue weighted by Crippen LogP contribution is 2.25. The quantitative estimate of drug-likeness (QED) is 0.914. The second kappa shape index (κ2) is 7.57. The monoisotopic (exact) mass is 328 g/mol. The zero-order chi connectivity index (χ0) is 16.9. The number of carbonyl (C=O) groups is 1. The predicted octanol–water partition coefficient (Wildman–Crippen LogP) is 2.85. The Labute approximate surface area is 142 Å². The summed E-state index contributed by atoms with van der Waals surface area (Å²) in [6.45, 7) is 6.53. The average Bonchev–Trinajstić information content (AvgIpc) is 3.11. The molecule has 1 unspecified atom stereocenters. The van der Waals surface area contributed by atoms with Crippen molar-refractivity contribution < 1.29 is 9.21 Å². The van der Waals surface area contributed by atoms with E-state index < -0.39 is 0 Å². The van der Waals surface area contributed by atoms with E-state index in [0.717, 1.165) is 30.2 Å². The van der Waals surface area contributed by atoms with Crippen LogP contribution >= 0.6 is 0 Å². The lowest BCUT2D eigenvalue weighted by Crippen LogP contribution is -2.32. The highest BCUT2D eigenvalue weighted by atomic mass is 16.4. The Balaban J connectivity index is 1.57. The third-order valence-corrected chi connectivity index (χ3v) is 4.47. The lowest BCUT2D eigenvalue weighted by atomic mass is 10.1. The number of likely N-dealkylation sites (tertiary alicyclic amines) is 1. The van der Waals surface area contributed by atoms with Gasteiger partial charge in [-0.2, -0.15) is 0 Å². The van der Waals surface area contributed by atoms with Crippen LogP contribution in [0.25, 0.3) is 0 Å². The van der Waals surface area contributed by atoms with Crippen molar-refractivity contribution in [2.75, 3.05) is 13.1 Å². The molecule has 1 amide bonds. The van der Waals surface area contributed by atoms with Crippen LogP contribution in [0.15, 0.2) is 28.9 Å². The van der Waals surface area contributed by atoms with E-state index >= 15 is 0 Å². The highest BCUT2D eigenvalue weighted by Gasteiger charge is 2.22. The molecule has 1 atom stereocenters. The van der Waals surface area contributed by atoms with Crippen LogP contribution in [0.2, 0.25) is 0 Å². The number of piperidine rings is 1. The number of aromatic nitrogens is 2. The van der Waals surface area contributed by atoms with Crippen LogP contribution < -0.4 is 5.32 Å². The van der Waals surface area contributed by atoms with E-state index in [4.69, 9.17) is 4.42 Å². The van der Waals surface area contributed by atoms with Crippen molar-refractivity contribution >= 4 is 5.91 Å². The fraction of sp³-hybridized carbons (Fsp3) is 0.500. The SMILES string of the molecule is Cc1cnc(CNC(=O)c2ccc(C(C)N3CCCCC3)o2)cn1. The lowest BCUT2D eigenvalue weighted by Gasteiger charge is -2.31. The number of rotatable bonds is 5. The summed E-state index contributed by atoms with van der Waals surface area (Å²) >= 11 is 0. The molecule has 1 saturated heterocycles. The molecule has 2 aromatic rings. The van der Waals surface area contributed by atoms with E-state index in [-0.39, 0.29) is 11.9 Å². The molecule has 0 saturated carbocycles. The first-order valence-electron chi connectivity index (χ1n) is 8.53. The van der Waals surface area contributed by atoms with E-state index in [1.165, 1.54) is 19.3 Å². The standard InChI is InChI=1S/C18H24N4O2/c1-13-10-20-15(11-19-13)12-21-18(23)17-7-6-16(24-17)14(2)22-8-4-3-5-9-22/h6-7,10-11,14H,3-5,8-9,12H2,1-2H3,(H,21,23). The van der Waals surface area contributed by atoms with Gasteiger partial charge in [-0.1, -0.05) is 6.42 Å². The van der Waals surface area contributed by atoms with Crippen molar-refractivity contribution in [1.82, 2.24) is 20.2 Å². The Kier molecular flexibility index (Phi) is 5.25. The molecule has 3 rings (SSSR count). The van der Waals surface area contributed by atoms with Crippen molar-refractivity contribution in [3.05, 3.63) is 47.4 Å². The Morgan fingerprint density at radius 2 is 2.04 bits per heavy atom. The number of nitrogens with zero attached hydrogens (tertiary/aromatic N) is 3. The van der Waals surface area contributed by atoms with Gasteiger partial charge in [0.05, 0.1) is 30.2 Å². The van der Waals surface area contributed by atoms with Gasteiger partial charge in [0.2, 0.25) is 0 Å². The average molecular weight is 328 g/mol. The third-order valence-electron chi connectivity index (χ3n) is 4.47. The number of furan rings is 1. The number of aryl methyl sites for hydroxylation is 1. The van der Waals surface area contributed by atoms with E-state index in [0.29, 0.717) is 12.3 Å². The zero-order valence-corrected chi connectivity index (χ0v) is 14.3. The Hall–Kier alpha value is -2.21. The topological polar surface area (TPSA) is 71.3 Å². The smallest absolute Gasteiger partial charge is 0.287 e. The minimum Gasteiger partial charge on any atom is -0.454 e. The van der Waals surface area contributed by atoms with Crippen molar-refractivity contribution in [1.29, 1.82) is 0 Å². The minimum absolute atomic E-state index is 0.204. The van der Waals surface area contributed by atoms with Crippen molar-refractivity contribution in [3.63, 3.8) is 0 Å². The molecule has 0 aliphatic carbocycles. The van der Waals surface area contributed by atoms with Crippen molar-refractivity contribution in [2.45, 2.75) is 45.7 Å². The van der Waals surface area contributed by atoms with Crippen molar-refractivity contribution in [2.24, 2.45) is 0 Å². The van der Waals surface area contributed by atoms with Crippen molar-refractivity contribution in [3.8, 4) is 0 Å². The molecule has 6 heteroatoms. The summed E-state index contributed by atoms with van der Waals surface area (Å²) in [5.41, 5.74) is 1.58. The maximum Gasteiger partial charge on any atom is 0.287 e. The Morgan fingerprint density at radius 3 is 2.75 bits per heavy atom. The summed E-state index contributed by atoms with van der Waals surface area (Å²) < 4.78 is 5.78. The molecule has 1 fully saturated rings. The molecule has 1 aliphatic rings. The first-order valence-corrected chi connectivity index (χ1v) is 8.53. The van der Waals surface area contributed by atoms with Crippen LogP contribution in [0.3, 0.4) is 0 Å². The Bertz CT molecular complexity index is 675. The number of hydrogen-bond acceptors (Lipinski definition) is 5. The van der Waals surface area contributed by atoms with Crippen LogP contribution in [0, 0.1) is 6.92 Å².